The Morgan fingerprint density at radius 3 is 2.52 bits per heavy atom. The highest BCUT2D eigenvalue weighted by Gasteiger charge is 2.23. The molecule has 3 rings (SSSR count). The van der Waals surface area contributed by atoms with E-state index in [0.29, 0.717) is 18.7 Å². The second-order valence-corrected chi connectivity index (χ2v) is 5.47. The van der Waals surface area contributed by atoms with Gasteiger partial charge in [0.1, 0.15) is 17.5 Å². The Morgan fingerprint density at radius 1 is 1.13 bits per heavy atom. The average molecular weight is 306 g/mol. The summed E-state index contributed by atoms with van der Waals surface area (Å²) in [6.45, 7) is 1.11. The van der Waals surface area contributed by atoms with Gasteiger partial charge in [-0.25, -0.2) is 4.39 Å². The topological polar surface area (TPSA) is 44.1 Å². The molecule has 0 saturated carbocycles. The molecule has 3 nitrogen and oxygen atoms in total. The van der Waals surface area contributed by atoms with Crippen LogP contribution in [-0.4, -0.2) is 17.4 Å². The van der Waals surface area contributed by atoms with Crippen LogP contribution in [0.2, 0.25) is 0 Å². The van der Waals surface area contributed by atoms with Crippen LogP contribution in [0.3, 0.4) is 0 Å². The highest BCUT2D eigenvalue weighted by molar-refractivity contribution is 6.01. The number of amides is 1. The summed E-state index contributed by atoms with van der Waals surface area (Å²) in [6.07, 6.45) is 2.29. The smallest absolute Gasteiger partial charge is 0.264 e. The molecule has 1 heterocycles. The van der Waals surface area contributed by atoms with Crippen molar-refractivity contribution in [3.63, 3.8) is 0 Å². The molecule has 1 aliphatic rings. The third kappa shape index (κ3) is 3.29. The van der Waals surface area contributed by atoms with Gasteiger partial charge in [0.05, 0.1) is 0 Å². The molecule has 0 spiro atoms. The van der Waals surface area contributed by atoms with E-state index in [1.165, 1.54) is 23.8 Å². The first-order valence-corrected chi connectivity index (χ1v) is 7.41. The van der Waals surface area contributed by atoms with Gasteiger partial charge in [-0.1, -0.05) is 36.4 Å². The predicted molar refractivity (Wildman–Crippen MR) is 85.6 cm³/mol. The van der Waals surface area contributed by atoms with Gasteiger partial charge in [-0.15, -0.1) is 0 Å². The van der Waals surface area contributed by atoms with Gasteiger partial charge < -0.3 is 4.90 Å². The maximum Gasteiger partial charge on any atom is 0.264 e. The van der Waals surface area contributed by atoms with E-state index in [-0.39, 0.29) is 17.3 Å². The lowest BCUT2D eigenvalue weighted by atomic mass is 9.99. The van der Waals surface area contributed by atoms with Crippen LogP contribution in [0.1, 0.15) is 16.7 Å². The van der Waals surface area contributed by atoms with E-state index in [1.807, 2.05) is 24.3 Å². The fraction of sp³-hybridized carbons (Fsp3) is 0.158. The number of nitrogens with zero attached hydrogens (tertiary/aromatic N) is 2. The zero-order chi connectivity index (χ0) is 16.2. The zero-order valence-corrected chi connectivity index (χ0v) is 12.5. The molecule has 0 aromatic heterocycles. The number of fused-ring (bicyclic) bond motifs is 1. The van der Waals surface area contributed by atoms with Gasteiger partial charge in [0.2, 0.25) is 0 Å². The summed E-state index contributed by atoms with van der Waals surface area (Å²) in [5.74, 6) is -0.633. The van der Waals surface area contributed by atoms with Crippen molar-refractivity contribution < 1.29 is 9.18 Å². The molecule has 0 radical (unpaired) electrons. The minimum atomic E-state index is -0.348. The Morgan fingerprint density at radius 2 is 1.83 bits per heavy atom. The van der Waals surface area contributed by atoms with Gasteiger partial charge in [0.25, 0.3) is 5.91 Å². The Labute approximate surface area is 134 Å². The summed E-state index contributed by atoms with van der Waals surface area (Å²) in [7, 11) is 0. The SMILES string of the molecule is N#C/C(=C\c1ccc(F)cc1)C(=O)N1CCc2ccccc2C1. The van der Waals surface area contributed by atoms with Crippen LogP contribution >= 0.6 is 0 Å². The van der Waals surface area contributed by atoms with Crippen LogP contribution in [0, 0.1) is 17.1 Å². The maximum atomic E-state index is 12.9. The van der Waals surface area contributed by atoms with E-state index in [1.54, 1.807) is 17.0 Å². The molecule has 0 bridgehead atoms. The van der Waals surface area contributed by atoms with Gasteiger partial charge in [0, 0.05) is 13.1 Å². The molecule has 1 aliphatic heterocycles. The van der Waals surface area contributed by atoms with Crippen molar-refractivity contribution in [2.24, 2.45) is 0 Å². The second kappa shape index (κ2) is 6.45. The lowest BCUT2D eigenvalue weighted by Crippen LogP contribution is -2.36. The number of halogens is 1. The van der Waals surface area contributed by atoms with Crippen LogP contribution in [0.4, 0.5) is 4.39 Å². The number of nitriles is 1. The summed E-state index contributed by atoms with van der Waals surface area (Å²) in [6, 6.07) is 15.7. The molecule has 23 heavy (non-hydrogen) atoms. The van der Waals surface area contributed by atoms with Crippen molar-refractivity contribution in [2.75, 3.05) is 6.54 Å². The van der Waals surface area contributed by atoms with Gasteiger partial charge in [-0.2, -0.15) is 5.26 Å². The Bertz CT molecular complexity index is 803. The molecular formula is C19H15FN2O. The molecule has 0 N–H and O–H groups in total. The molecule has 1 amide bonds. The van der Waals surface area contributed by atoms with Gasteiger partial charge >= 0.3 is 0 Å². The minimum absolute atomic E-state index is 0.0657. The molecule has 2 aromatic rings. The van der Waals surface area contributed by atoms with Crippen molar-refractivity contribution in [3.05, 3.63) is 76.6 Å². The van der Waals surface area contributed by atoms with Crippen molar-refractivity contribution in [3.8, 4) is 6.07 Å². The zero-order valence-electron chi connectivity index (χ0n) is 12.5. The monoisotopic (exact) mass is 306 g/mol. The summed E-state index contributed by atoms with van der Waals surface area (Å²) in [5.41, 5.74) is 3.06. The number of hydrogen-bond donors (Lipinski definition) is 0. The number of rotatable bonds is 2. The second-order valence-electron chi connectivity index (χ2n) is 5.47. The summed E-state index contributed by atoms with van der Waals surface area (Å²) < 4.78 is 12.9. The van der Waals surface area contributed by atoms with Crippen LogP contribution in [0.5, 0.6) is 0 Å². The van der Waals surface area contributed by atoms with Crippen molar-refractivity contribution in [2.45, 2.75) is 13.0 Å². The van der Waals surface area contributed by atoms with Crippen LogP contribution in [0.15, 0.2) is 54.1 Å². The summed E-state index contributed by atoms with van der Waals surface area (Å²) in [5, 5.41) is 9.30. The molecule has 2 aromatic carbocycles. The van der Waals surface area contributed by atoms with Crippen LogP contribution in [0.25, 0.3) is 6.08 Å². The first-order valence-electron chi connectivity index (χ1n) is 7.41. The maximum absolute atomic E-state index is 12.9. The van der Waals surface area contributed by atoms with Gasteiger partial charge in [0.15, 0.2) is 0 Å². The van der Waals surface area contributed by atoms with Crippen LogP contribution in [-0.2, 0) is 17.8 Å². The quantitative estimate of drug-likeness (QED) is 0.631. The normalized spacial score (nSPS) is 14.1. The minimum Gasteiger partial charge on any atom is -0.333 e. The summed E-state index contributed by atoms with van der Waals surface area (Å²) in [4.78, 5) is 14.3. The van der Waals surface area contributed by atoms with E-state index in [9.17, 15) is 14.4 Å². The number of carbonyl (C=O) groups excluding carboxylic acids is 1. The Balaban J connectivity index is 1.81. The van der Waals surface area contributed by atoms with Crippen molar-refractivity contribution in [1.29, 1.82) is 5.26 Å². The fourth-order valence-corrected chi connectivity index (χ4v) is 2.71. The molecule has 4 heteroatoms. The highest BCUT2D eigenvalue weighted by atomic mass is 19.1. The number of benzene rings is 2. The third-order valence-electron chi connectivity index (χ3n) is 3.95. The first-order chi connectivity index (χ1) is 11.2. The Hall–Kier alpha value is -2.93. The molecule has 0 fully saturated rings. The molecule has 114 valence electrons. The van der Waals surface area contributed by atoms with E-state index in [0.717, 1.165) is 12.0 Å². The van der Waals surface area contributed by atoms with Crippen LogP contribution < -0.4 is 0 Å². The standard InChI is InChI=1S/C19H15FN2O/c20-18-7-5-14(6-8-18)11-17(12-21)19(23)22-10-9-15-3-1-2-4-16(15)13-22/h1-8,11H,9-10,13H2/b17-11+. The lowest BCUT2D eigenvalue weighted by molar-refractivity contribution is -0.127. The number of hydrogen-bond acceptors (Lipinski definition) is 2. The Kier molecular flexibility index (Phi) is 4.20. The van der Waals surface area contributed by atoms with Gasteiger partial charge in [-0.05, 0) is 41.3 Å². The largest absolute Gasteiger partial charge is 0.333 e. The van der Waals surface area contributed by atoms with E-state index in [4.69, 9.17) is 0 Å². The fourth-order valence-electron chi connectivity index (χ4n) is 2.71. The molecular weight excluding hydrogens is 291 g/mol. The van der Waals surface area contributed by atoms with E-state index >= 15 is 0 Å². The molecule has 0 saturated heterocycles. The third-order valence-corrected chi connectivity index (χ3v) is 3.95. The van der Waals surface area contributed by atoms with E-state index < -0.39 is 0 Å². The molecule has 0 atom stereocenters. The predicted octanol–water partition coefficient (Wildman–Crippen LogP) is 3.32. The summed E-state index contributed by atoms with van der Waals surface area (Å²) >= 11 is 0. The lowest BCUT2D eigenvalue weighted by Gasteiger charge is -2.28. The first kappa shape index (κ1) is 15.0. The molecule has 0 aliphatic carbocycles. The average Bonchev–Trinajstić information content (AvgIpc) is 2.60. The van der Waals surface area contributed by atoms with Gasteiger partial charge in [-0.3, -0.25) is 4.79 Å². The van der Waals surface area contributed by atoms with Crippen molar-refractivity contribution >= 4 is 12.0 Å². The molecule has 0 unspecified atom stereocenters. The highest BCUT2D eigenvalue weighted by Crippen LogP contribution is 2.20. The van der Waals surface area contributed by atoms with E-state index in [2.05, 4.69) is 6.07 Å². The van der Waals surface area contributed by atoms with Crippen molar-refractivity contribution in [1.82, 2.24) is 4.90 Å². The number of carbonyl (C=O) groups is 1.